The van der Waals surface area contributed by atoms with Gasteiger partial charge in [0, 0.05) is 18.0 Å². The first-order valence-electron chi connectivity index (χ1n) is 4.66. The standard InChI is InChI=1S/C11H11BrClFO2/c1-6(16-2)5-9(15)7-3-4-8(12)10(13)11(7)14/h3-4,6H,5H2,1-2H3. The van der Waals surface area contributed by atoms with Crippen molar-refractivity contribution in [1.29, 1.82) is 0 Å². The summed E-state index contributed by atoms with van der Waals surface area (Å²) in [6.45, 7) is 1.75. The van der Waals surface area contributed by atoms with Crippen LogP contribution in [-0.2, 0) is 4.74 Å². The Bertz CT molecular complexity index is 409. The average molecular weight is 310 g/mol. The first-order chi connectivity index (χ1) is 7.47. The molecule has 0 fully saturated rings. The molecule has 0 heterocycles. The first-order valence-corrected chi connectivity index (χ1v) is 5.84. The van der Waals surface area contributed by atoms with Crippen LogP contribution in [0.3, 0.4) is 0 Å². The summed E-state index contributed by atoms with van der Waals surface area (Å²) >= 11 is 8.78. The molecule has 1 unspecified atom stereocenters. The Morgan fingerprint density at radius 3 is 2.81 bits per heavy atom. The van der Waals surface area contributed by atoms with Gasteiger partial charge in [-0.15, -0.1) is 0 Å². The van der Waals surface area contributed by atoms with Crippen molar-refractivity contribution in [2.75, 3.05) is 7.11 Å². The number of halogens is 3. The minimum Gasteiger partial charge on any atom is -0.381 e. The van der Waals surface area contributed by atoms with E-state index in [0.29, 0.717) is 4.47 Å². The third-order valence-corrected chi connectivity index (χ3v) is 3.47. The molecule has 88 valence electrons. The molecule has 1 aromatic rings. The number of methoxy groups -OCH3 is 1. The second-order valence-electron chi connectivity index (χ2n) is 3.40. The summed E-state index contributed by atoms with van der Waals surface area (Å²) in [6.07, 6.45) is -0.111. The van der Waals surface area contributed by atoms with Crippen LogP contribution in [0, 0.1) is 5.82 Å². The van der Waals surface area contributed by atoms with Crippen LogP contribution in [0.15, 0.2) is 16.6 Å². The van der Waals surface area contributed by atoms with E-state index < -0.39 is 5.82 Å². The van der Waals surface area contributed by atoms with E-state index in [4.69, 9.17) is 16.3 Å². The number of ketones is 1. The number of hydrogen-bond donors (Lipinski definition) is 0. The molecule has 0 radical (unpaired) electrons. The molecular formula is C11H11BrClFO2. The van der Waals surface area contributed by atoms with Crippen LogP contribution in [0.2, 0.25) is 5.02 Å². The maximum Gasteiger partial charge on any atom is 0.168 e. The smallest absolute Gasteiger partial charge is 0.168 e. The molecule has 16 heavy (non-hydrogen) atoms. The molecule has 1 atom stereocenters. The minimum absolute atomic E-state index is 0.00269. The van der Waals surface area contributed by atoms with Crippen LogP contribution >= 0.6 is 27.5 Å². The predicted octanol–water partition coefficient (Wildman–Crippen LogP) is 3.85. The lowest BCUT2D eigenvalue weighted by molar-refractivity contribution is 0.0788. The molecule has 0 saturated carbocycles. The molecule has 2 nitrogen and oxygen atoms in total. The van der Waals surface area contributed by atoms with E-state index in [-0.39, 0.29) is 28.9 Å². The molecule has 0 aromatic heterocycles. The molecule has 1 aromatic carbocycles. The maximum absolute atomic E-state index is 13.6. The van der Waals surface area contributed by atoms with E-state index in [2.05, 4.69) is 15.9 Å². The first kappa shape index (κ1) is 13.6. The number of rotatable bonds is 4. The van der Waals surface area contributed by atoms with Gasteiger partial charge in [-0.25, -0.2) is 4.39 Å². The lowest BCUT2D eigenvalue weighted by Gasteiger charge is -2.09. The monoisotopic (exact) mass is 308 g/mol. The second kappa shape index (κ2) is 5.75. The average Bonchev–Trinajstić information content (AvgIpc) is 2.25. The lowest BCUT2D eigenvalue weighted by atomic mass is 10.1. The van der Waals surface area contributed by atoms with Crippen LogP contribution in [0.25, 0.3) is 0 Å². The van der Waals surface area contributed by atoms with Gasteiger partial charge in [-0.3, -0.25) is 4.79 Å². The van der Waals surface area contributed by atoms with Crippen molar-refractivity contribution in [1.82, 2.24) is 0 Å². The van der Waals surface area contributed by atoms with E-state index in [1.54, 1.807) is 13.0 Å². The zero-order valence-corrected chi connectivity index (χ0v) is 11.2. The maximum atomic E-state index is 13.6. The fraction of sp³-hybridized carbons (Fsp3) is 0.364. The third-order valence-electron chi connectivity index (χ3n) is 2.21. The Morgan fingerprint density at radius 2 is 2.25 bits per heavy atom. The summed E-state index contributed by atoms with van der Waals surface area (Å²) in [6, 6.07) is 2.96. The Labute approximate surface area is 107 Å². The van der Waals surface area contributed by atoms with Gasteiger partial charge in [-0.1, -0.05) is 11.6 Å². The number of Topliss-reactive ketones (excluding diaryl/α,β-unsaturated/α-hetero) is 1. The largest absolute Gasteiger partial charge is 0.381 e. The Morgan fingerprint density at radius 1 is 1.62 bits per heavy atom. The molecule has 0 aliphatic carbocycles. The fourth-order valence-electron chi connectivity index (χ4n) is 1.20. The summed E-state index contributed by atoms with van der Waals surface area (Å²) < 4.78 is 19.0. The molecule has 0 bridgehead atoms. The van der Waals surface area contributed by atoms with E-state index in [9.17, 15) is 9.18 Å². The molecule has 0 spiro atoms. The highest BCUT2D eigenvalue weighted by molar-refractivity contribution is 9.10. The van der Waals surface area contributed by atoms with E-state index >= 15 is 0 Å². The number of carbonyl (C=O) groups is 1. The summed E-state index contributed by atoms with van der Waals surface area (Å²) in [7, 11) is 1.50. The van der Waals surface area contributed by atoms with E-state index in [0.717, 1.165) is 0 Å². The second-order valence-corrected chi connectivity index (χ2v) is 4.63. The fourth-order valence-corrected chi connectivity index (χ4v) is 1.67. The zero-order valence-electron chi connectivity index (χ0n) is 8.89. The van der Waals surface area contributed by atoms with Crippen molar-refractivity contribution in [2.24, 2.45) is 0 Å². The normalized spacial score (nSPS) is 12.6. The molecule has 0 aliphatic heterocycles. The number of ether oxygens (including phenoxy) is 1. The Hall–Kier alpha value is -0.450. The summed E-state index contributed by atoms with van der Waals surface area (Å²) in [5.74, 6) is -1.01. The number of benzene rings is 1. The molecular weight excluding hydrogens is 298 g/mol. The number of carbonyl (C=O) groups excluding carboxylic acids is 1. The van der Waals surface area contributed by atoms with Crippen molar-refractivity contribution in [3.8, 4) is 0 Å². The van der Waals surface area contributed by atoms with E-state index in [1.807, 2.05) is 0 Å². The quantitative estimate of drug-likeness (QED) is 0.624. The van der Waals surface area contributed by atoms with Crippen LogP contribution in [0.5, 0.6) is 0 Å². The van der Waals surface area contributed by atoms with Crippen LogP contribution in [0.1, 0.15) is 23.7 Å². The van der Waals surface area contributed by atoms with Crippen LogP contribution < -0.4 is 0 Å². The molecule has 0 aliphatic rings. The van der Waals surface area contributed by atoms with Gasteiger partial charge in [-0.05, 0) is 35.0 Å². The van der Waals surface area contributed by atoms with E-state index in [1.165, 1.54) is 13.2 Å². The zero-order chi connectivity index (χ0) is 12.3. The van der Waals surface area contributed by atoms with Gasteiger partial charge in [0.25, 0.3) is 0 Å². The Balaban J connectivity index is 2.97. The van der Waals surface area contributed by atoms with Crippen molar-refractivity contribution in [2.45, 2.75) is 19.4 Å². The molecule has 0 N–H and O–H groups in total. The van der Waals surface area contributed by atoms with Crippen molar-refractivity contribution < 1.29 is 13.9 Å². The Kier molecular flexibility index (Phi) is 4.89. The predicted molar refractivity (Wildman–Crippen MR) is 64.5 cm³/mol. The van der Waals surface area contributed by atoms with Gasteiger partial charge in [0.15, 0.2) is 11.6 Å². The van der Waals surface area contributed by atoms with Crippen molar-refractivity contribution in [3.05, 3.63) is 33.0 Å². The van der Waals surface area contributed by atoms with Gasteiger partial charge < -0.3 is 4.74 Å². The highest BCUT2D eigenvalue weighted by atomic mass is 79.9. The third kappa shape index (κ3) is 3.03. The molecule has 1 rings (SSSR count). The molecule has 0 amide bonds. The van der Waals surface area contributed by atoms with Gasteiger partial charge in [0.2, 0.25) is 0 Å². The van der Waals surface area contributed by atoms with Crippen LogP contribution in [-0.4, -0.2) is 19.0 Å². The molecule has 5 heteroatoms. The lowest BCUT2D eigenvalue weighted by Crippen LogP contribution is -2.13. The number of hydrogen-bond acceptors (Lipinski definition) is 2. The summed E-state index contributed by atoms with van der Waals surface area (Å²) in [4.78, 5) is 11.7. The van der Waals surface area contributed by atoms with Gasteiger partial charge in [0.05, 0.1) is 16.7 Å². The highest BCUT2D eigenvalue weighted by Gasteiger charge is 2.18. The summed E-state index contributed by atoms with van der Waals surface area (Å²) in [5, 5.41) is -0.0732. The molecule has 0 saturated heterocycles. The van der Waals surface area contributed by atoms with Crippen molar-refractivity contribution >= 4 is 33.3 Å². The van der Waals surface area contributed by atoms with Gasteiger partial charge >= 0.3 is 0 Å². The van der Waals surface area contributed by atoms with Crippen LogP contribution in [0.4, 0.5) is 4.39 Å². The summed E-state index contributed by atoms with van der Waals surface area (Å²) in [5.41, 5.74) is -0.00269. The van der Waals surface area contributed by atoms with Gasteiger partial charge in [-0.2, -0.15) is 0 Å². The van der Waals surface area contributed by atoms with Gasteiger partial charge in [0.1, 0.15) is 0 Å². The topological polar surface area (TPSA) is 26.3 Å². The SMILES string of the molecule is COC(C)CC(=O)c1ccc(Br)c(Cl)c1F. The minimum atomic E-state index is -0.690. The van der Waals surface area contributed by atoms with Crippen molar-refractivity contribution in [3.63, 3.8) is 0 Å². The highest BCUT2D eigenvalue weighted by Crippen LogP contribution is 2.28.